The molecule has 0 radical (unpaired) electrons. The van der Waals surface area contributed by atoms with E-state index in [0.717, 1.165) is 23.8 Å². The number of hydrogen-bond acceptors (Lipinski definition) is 5. The van der Waals surface area contributed by atoms with Crippen molar-refractivity contribution in [3.8, 4) is 11.8 Å². The molecular weight excluding hydrogens is 474 g/mol. The maximum Gasteiger partial charge on any atom is 0.383 e. The summed E-state index contributed by atoms with van der Waals surface area (Å²) < 4.78 is 35.7. The number of methoxy groups -OCH3 is 1. The monoisotopic (exact) mass is 495 g/mol. The Labute approximate surface area is 204 Å². The van der Waals surface area contributed by atoms with Gasteiger partial charge in [-0.05, 0) is 40.8 Å². The maximum atomic E-state index is 13.4. The Morgan fingerprint density at radius 2 is 2.17 bits per heavy atom. The molecule has 1 aliphatic carbocycles. The van der Waals surface area contributed by atoms with E-state index in [-0.39, 0.29) is 29.2 Å². The average molecular weight is 496 g/mol. The van der Waals surface area contributed by atoms with Crippen LogP contribution in [0.5, 0.6) is 0 Å². The first kappa shape index (κ1) is 24.1. The molecule has 0 bridgehead atoms. The molecule has 1 fully saturated rings. The fourth-order valence-electron chi connectivity index (χ4n) is 3.24. The highest BCUT2D eigenvalue weighted by Gasteiger charge is 2.30. The summed E-state index contributed by atoms with van der Waals surface area (Å²) in [5, 5.41) is 5.64. The molecule has 0 saturated heterocycles. The Bertz CT molecular complexity index is 1380. The van der Waals surface area contributed by atoms with Gasteiger partial charge in [0.05, 0.1) is 24.6 Å². The number of aromatic nitrogens is 1. The Morgan fingerprint density at radius 1 is 1.37 bits per heavy atom. The molecule has 2 heterocycles. The molecule has 1 aromatic carbocycles. The Balaban J connectivity index is 1.69. The number of carbonyl (C=O) groups excluding carboxylic acids is 2. The van der Waals surface area contributed by atoms with Crippen LogP contribution in [-0.2, 0) is 16.0 Å². The fraction of sp³-hybridized carbons (Fsp3) is 0.280. The topological polar surface area (TPSA) is 94.4 Å². The van der Waals surface area contributed by atoms with Crippen LogP contribution in [0.25, 0.3) is 5.57 Å². The smallest absolute Gasteiger partial charge is 0.383 e. The van der Waals surface area contributed by atoms with Crippen molar-refractivity contribution in [1.29, 1.82) is 0 Å². The second-order valence-corrected chi connectivity index (χ2v) is 8.83. The van der Waals surface area contributed by atoms with E-state index in [9.17, 15) is 18.4 Å². The van der Waals surface area contributed by atoms with Crippen LogP contribution in [0.3, 0.4) is 0 Å². The fourth-order valence-corrected chi connectivity index (χ4v) is 3.91. The number of allylic oxidation sites excluding steroid dienone is 2. The van der Waals surface area contributed by atoms with Crippen LogP contribution in [0.15, 0.2) is 36.2 Å². The van der Waals surface area contributed by atoms with E-state index >= 15 is 0 Å². The number of carbonyl (C=O) groups is 2. The molecule has 178 valence electrons. The summed E-state index contributed by atoms with van der Waals surface area (Å²) in [5.74, 6) is 8.46. The van der Waals surface area contributed by atoms with Crippen LogP contribution < -0.4 is 15.3 Å². The summed E-state index contributed by atoms with van der Waals surface area (Å²) in [7, 11) is 2.87. The number of nitrogens with zero attached hydrogens (tertiary/aromatic N) is 2. The zero-order valence-corrected chi connectivity index (χ0v) is 19.8. The van der Waals surface area contributed by atoms with Crippen molar-refractivity contribution >= 4 is 45.4 Å². The first-order chi connectivity index (χ1) is 16.9. The van der Waals surface area contributed by atoms with Gasteiger partial charge in [0.25, 0.3) is 11.7 Å². The molecule has 0 atom stereocenters. The number of halogens is 2. The lowest BCUT2D eigenvalue weighted by atomic mass is 9.93. The van der Waals surface area contributed by atoms with E-state index in [1.165, 1.54) is 31.6 Å². The molecule has 7 nitrogen and oxygen atoms in total. The molecule has 2 N–H and O–H groups in total. The molecule has 2 aromatic rings. The number of benzene rings is 1. The van der Waals surface area contributed by atoms with E-state index in [1.807, 2.05) is 0 Å². The van der Waals surface area contributed by atoms with Crippen molar-refractivity contribution in [2.75, 3.05) is 19.5 Å². The maximum absolute atomic E-state index is 13.4. The zero-order chi connectivity index (χ0) is 24.9. The number of thiazole rings is 1. The lowest BCUT2D eigenvalue weighted by Gasteiger charge is -2.14. The summed E-state index contributed by atoms with van der Waals surface area (Å²) in [5.41, 5.74) is 0.760. The van der Waals surface area contributed by atoms with Gasteiger partial charge in [-0.3, -0.25) is 14.9 Å². The van der Waals surface area contributed by atoms with Gasteiger partial charge in [-0.15, -0.1) is 0 Å². The van der Waals surface area contributed by atoms with E-state index in [1.54, 1.807) is 18.3 Å². The van der Waals surface area contributed by atoms with E-state index in [2.05, 4.69) is 38.0 Å². The molecule has 35 heavy (non-hydrogen) atoms. The van der Waals surface area contributed by atoms with Gasteiger partial charge in [0.2, 0.25) is 5.91 Å². The van der Waals surface area contributed by atoms with E-state index < -0.39 is 18.0 Å². The lowest BCUT2D eigenvalue weighted by molar-refractivity contribution is -0.119. The number of likely N-dealkylation sites (N-methyl/N-ethyl adjacent to an activating group) is 1. The molecule has 1 saturated carbocycles. The van der Waals surface area contributed by atoms with Gasteiger partial charge in [-0.25, -0.2) is 4.98 Å². The van der Waals surface area contributed by atoms with Crippen LogP contribution in [0, 0.1) is 17.8 Å². The zero-order valence-electron chi connectivity index (χ0n) is 18.9. The molecule has 4 rings (SSSR count). The van der Waals surface area contributed by atoms with Gasteiger partial charge in [0.15, 0.2) is 5.13 Å². The standard InChI is InChI=1S/C25H20F2N4O3S/c1-28-22(32)10-15-6-8-17(18(9-15)19-11-20(23(26)27)29-13-21(19)34-2)24(33)31-25-30-12-16(35-25)7-5-14-3-4-14/h6,8-9,11-12,14,23H,3-4,10H2,1-2H3,(H-,28,30,31,32,33)/p+1. The summed E-state index contributed by atoms with van der Waals surface area (Å²) in [6, 6.07) is 4.76. The van der Waals surface area contributed by atoms with Crippen LogP contribution in [0.4, 0.5) is 13.9 Å². The van der Waals surface area contributed by atoms with Crippen LogP contribution >= 0.6 is 11.3 Å². The van der Waals surface area contributed by atoms with E-state index in [0.29, 0.717) is 22.2 Å². The number of rotatable bonds is 7. The minimum absolute atomic E-state index is 0.0414. The third kappa shape index (κ3) is 5.92. The number of ether oxygens (including phenoxy) is 1. The normalized spacial score (nSPS) is 14.4. The Morgan fingerprint density at radius 3 is 2.86 bits per heavy atom. The highest BCUT2D eigenvalue weighted by Crippen LogP contribution is 2.30. The molecule has 0 unspecified atom stereocenters. The summed E-state index contributed by atoms with van der Waals surface area (Å²) >= 11 is 1.25. The lowest BCUT2D eigenvalue weighted by Crippen LogP contribution is -2.21. The highest BCUT2D eigenvalue weighted by molar-refractivity contribution is 7.16. The minimum atomic E-state index is -2.84. The van der Waals surface area contributed by atoms with E-state index in [4.69, 9.17) is 4.74 Å². The predicted molar refractivity (Wildman–Crippen MR) is 131 cm³/mol. The van der Waals surface area contributed by atoms with Gasteiger partial charge in [0, 0.05) is 30.2 Å². The highest BCUT2D eigenvalue weighted by atomic mass is 32.1. The number of nitrogens with one attached hydrogen (secondary N) is 2. The Kier molecular flexibility index (Phi) is 7.23. The second kappa shape index (κ2) is 10.5. The van der Waals surface area contributed by atoms with Crippen molar-refractivity contribution in [3.05, 3.63) is 57.8 Å². The number of alkyl halides is 2. The summed E-state index contributed by atoms with van der Waals surface area (Å²) in [4.78, 5) is 30.1. The summed E-state index contributed by atoms with van der Waals surface area (Å²) in [6.07, 6.45) is 2.17. The summed E-state index contributed by atoms with van der Waals surface area (Å²) in [6.45, 7) is 0. The number of amides is 2. The van der Waals surface area contributed by atoms with Gasteiger partial charge in [-0.1, -0.05) is 29.2 Å². The van der Waals surface area contributed by atoms with Crippen LogP contribution in [0.1, 0.15) is 39.2 Å². The van der Waals surface area contributed by atoms with Crippen molar-refractivity contribution in [2.45, 2.75) is 25.7 Å². The molecule has 2 amide bonds. The van der Waals surface area contributed by atoms with Crippen molar-refractivity contribution in [1.82, 2.24) is 15.0 Å². The van der Waals surface area contributed by atoms with Gasteiger partial charge >= 0.3 is 18.0 Å². The third-order valence-corrected chi connectivity index (χ3v) is 6.04. The molecule has 1 aromatic heterocycles. The van der Waals surface area contributed by atoms with Crippen LogP contribution in [0.2, 0.25) is 0 Å². The molecular formula is C25H21F2N4O3S+. The first-order valence-electron chi connectivity index (χ1n) is 10.7. The van der Waals surface area contributed by atoms with Gasteiger partial charge < -0.3 is 10.1 Å². The first-order valence-corrected chi connectivity index (χ1v) is 11.6. The van der Waals surface area contributed by atoms with Gasteiger partial charge in [0.1, 0.15) is 0 Å². The Hall–Kier alpha value is -4.02. The van der Waals surface area contributed by atoms with Crippen molar-refractivity contribution < 1.29 is 23.1 Å². The third-order valence-electron chi connectivity index (χ3n) is 5.22. The molecule has 1 aliphatic heterocycles. The average Bonchev–Trinajstić information content (AvgIpc) is 3.59. The van der Waals surface area contributed by atoms with Crippen LogP contribution in [-0.4, -0.2) is 49.0 Å². The molecule has 2 aliphatic rings. The largest absolute Gasteiger partial charge is 0.484 e. The van der Waals surface area contributed by atoms with Crippen molar-refractivity contribution in [2.24, 2.45) is 5.92 Å². The number of anilines is 1. The van der Waals surface area contributed by atoms with Gasteiger partial charge in [-0.2, -0.15) is 8.78 Å². The predicted octanol–water partition coefficient (Wildman–Crippen LogP) is 2.82. The molecule has 0 spiro atoms. The minimum Gasteiger partial charge on any atom is -0.484 e. The SMILES string of the molecule is CNC(=O)Cc1ccc(C(=O)Nc2ncc(C#CC3CC3)s2)c(C2=CC(C(F)F)=[N+]=C=C2OC)c1. The van der Waals surface area contributed by atoms with Crippen molar-refractivity contribution in [3.63, 3.8) is 0 Å². The number of hydrogen-bond donors (Lipinski definition) is 2. The second-order valence-electron chi connectivity index (χ2n) is 7.80. The quantitative estimate of drug-likeness (QED) is 0.456. The molecule has 10 heteroatoms.